The SMILES string of the molecule is C/C(=N\OC(=O)c1ccc(C(F)(F)F)cc1)c1ccn(S(=O)(=O)c2ccccc2)c1. The maximum Gasteiger partial charge on any atom is 0.416 e. The van der Waals surface area contributed by atoms with Gasteiger partial charge in [-0.15, -0.1) is 0 Å². The molecule has 1 aromatic heterocycles. The Labute approximate surface area is 170 Å². The lowest BCUT2D eigenvalue weighted by molar-refractivity contribution is -0.137. The number of hydrogen-bond donors (Lipinski definition) is 0. The van der Waals surface area contributed by atoms with E-state index in [4.69, 9.17) is 4.84 Å². The average molecular weight is 436 g/mol. The highest BCUT2D eigenvalue weighted by atomic mass is 32.2. The minimum Gasteiger partial charge on any atom is -0.313 e. The molecule has 2 aromatic carbocycles. The molecule has 6 nitrogen and oxygen atoms in total. The van der Waals surface area contributed by atoms with Gasteiger partial charge in [-0.2, -0.15) is 13.2 Å². The summed E-state index contributed by atoms with van der Waals surface area (Å²) in [5, 5.41) is 3.65. The molecule has 0 fully saturated rings. The molecule has 0 aliphatic heterocycles. The summed E-state index contributed by atoms with van der Waals surface area (Å²) in [5.74, 6) is -0.945. The summed E-state index contributed by atoms with van der Waals surface area (Å²) in [4.78, 5) is 16.8. The molecule has 0 bridgehead atoms. The summed E-state index contributed by atoms with van der Waals surface area (Å²) in [7, 11) is -3.78. The number of rotatable bonds is 5. The van der Waals surface area contributed by atoms with Gasteiger partial charge in [0.25, 0.3) is 10.0 Å². The molecule has 0 amide bonds. The Kier molecular flexibility index (Phi) is 5.79. The molecule has 0 aliphatic rings. The first-order valence-electron chi connectivity index (χ1n) is 8.51. The molecule has 10 heteroatoms. The molecule has 3 aromatic rings. The van der Waals surface area contributed by atoms with Crippen LogP contribution in [0.2, 0.25) is 0 Å². The van der Waals surface area contributed by atoms with Crippen LogP contribution in [0.15, 0.2) is 83.1 Å². The molecule has 0 radical (unpaired) electrons. The van der Waals surface area contributed by atoms with Crippen LogP contribution < -0.4 is 0 Å². The van der Waals surface area contributed by atoms with Crippen molar-refractivity contribution in [3.63, 3.8) is 0 Å². The van der Waals surface area contributed by atoms with Crippen molar-refractivity contribution < 1.29 is 31.2 Å². The first-order chi connectivity index (χ1) is 14.1. The third kappa shape index (κ3) is 4.60. The van der Waals surface area contributed by atoms with E-state index in [9.17, 15) is 26.4 Å². The van der Waals surface area contributed by atoms with E-state index < -0.39 is 27.7 Å². The van der Waals surface area contributed by atoms with Gasteiger partial charge in [0.1, 0.15) is 0 Å². The third-order valence-electron chi connectivity index (χ3n) is 4.12. The molecular formula is C20H15F3N2O4S. The van der Waals surface area contributed by atoms with Gasteiger partial charge in [0, 0.05) is 18.0 Å². The van der Waals surface area contributed by atoms with Gasteiger partial charge >= 0.3 is 12.1 Å². The average Bonchev–Trinajstić information content (AvgIpc) is 3.23. The Morgan fingerprint density at radius 1 is 0.967 bits per heavy atom. The van der Waals surface area contributed by atoms with Crippen LogP contribution in [0.25, 0.3) is 0 Å². The minimum atomic E-state index is -4.51. The second-order valence-electron chi connectivity index (χ2n) is 6.18. The zero-order chi connectivity index (χ0) is 21.9. The maximum absolute atomic E-state index is 12.6. The van der Waals surface area contributed by atoms with Crippen molar-refractivity contribution in [2.75, 3.05) is 0 Å². The van der Waals surface area contributed by atoms with Crippen LogP contribution in [0.4, 0.5) is 13.2 Å². The Bertz CT molecular complexity index is 1180. The van der Waals surface area contributed by atoms with E-state index in [0.717, 1.165) is 28.2 Å². The molecule has 0 N–H and O–H groups in total. The second-order valence-corrected chi connectivity index (χ2v) is 8.02. The summed E-state index contributed by atoms with van der Waals surface area (Å²) >= 11 is 0. The zero-order valence-corrected chi connectivity index (χ0v) is 16.3. The van der Waals surface area contributed by atoms with Gasteiger partial charge in [-0.05, 0) is 49.4 Å². The molecule has 3 rings (SSSR count). The molecule has 0 atom stereocenters. The highest BCUT2D eigenvalue weighted by molar-refractivity contribution is 7.90. The fraction of sp³-hybridized carbons (Fsp3) is 0.100. The number of oxime groups is 1. The molecular weight excluding hydrogens is 421 g/mol. The number of carbonyl (C=O) groups is 1. The maximum atomic E-state index is 12.6. The van der Waals surface area contributed by atoms with Crippen LogP contribution in [-0.4, -0.2) is 24.1 Å². The number of halogens is 3. The van der Waals surface area contributed by atoms with Crippen LogP contribution in [0, 0.1) is 0 Å². The van der Waals surface area contributed by atoms with Crippen molar-refractivity contribution in [3.8, 4) is 0 Å². The van der Waals surface area contributed by atoms with Gasteiger partial charge in [0.05, 0.1) is 21.7 Å². The van der Waals surface area contributed by atoms with E-state index in [1.165, 1.54) is 37.5 Å². The normalized spacial score (nSPS) is 12.6. The number of alkyl halides is 3. The van der Waals surface area contributed by atoms with Crippen molar-refractivity contribution in [2.45, 2.75) is 18.0 Å². The smallest absolute Gasteiger partial charge is 0.313 e. The molecule has 0 unspecified atom stereocenters. The monoisotopic (exact) mass is 436 g/mol. The lowest BCUT2D eigenvalue weighted by atomic mass is 10.1. The first kappa shape index (κ1) is 21.3. The van der Waals surface area contributed by atoms with Gasteiger partial charge in [0.15, 0.2) is 0 Å². The van der Waals surface area contributed by atoms with Crippen LogP contribution in [0.3, 0.4) is 0 Å². The minimum absolute atomic E-state index is 0.107. The second kappa shape index (κ2) is 8.15. The van der Waals surface area contributed by atoms with E-state index in [2.05, 4.69) is 5.16 Å². The Morgan fingerprint density at radius 3 is 2.20 bits per heavy atom. The number of nitrogens with zero attached hydrogens (tertiary/aromatic N) is 2. The van der Waals surface area contributed by atoms with Crippen molar-refractivity contribution >= 4 is 21.7 Å². The lowest BCUT2D eigenvalue weighted by Gasteiger charge is -2.06. The number of benzene rings is 2. The highest BCUT2D eigenvalue weighted by Gasteiger charge is 2.30. The molecule has 1 heterocycles. The number of hydrogen-bond acceptors (Lipinski definition) is 5. The van der Waals surface area contributed by atoms with E-state index >= 15 is 0 Å². The molecule has 0 saturated heterocycles. The quantitative estimate of drug-likeness (QED) is 0.339. The summed E-state index contributed by atoms with van der Waals surface area (Å²) in [6, 6.07) is 12.8. The molecule has 0 aliphatic carbocycles. The number of aromatic nitrogens is 1. The van der Waals surface area contributed by atoms with Crippen molar-refractivity contribution in [3.05, 3.63) is 89.7 Å². The van der Waals surface area contributed by atoms with Crippen LogP contribution in [0.5, 0.6) is 0 Å². The first-order valence-corrected chi connectivity index (χ1v) is 9.95. The van der Waals surface area contributed by atoms with Crippen molar-refractivity contribution in [1.82, 2.24) is 3.97 Å². The van der Waals surface area contributed by atoms with Gasteiger partial charge < -0.3 is 4.84 Å². The zero-order valence-electron chi connectivity index (χ0n) is 15.5. The molecule has 0 saturated carbocycles. The van der Waals surface area contributed by atoms with Crippen LogP contribution >= 0.6 is 0 Å². The van der Waals surface area contributed by atoms with Gasteiger partial charge in [0.2, 0.25) is 0 Å². The summed E-state index contributed by atoms with van der Waals surface area (Å²) in [6.45, 7) is 1.49. The summed E-state index contributed by atoms with van der Waals surface area (Å²) in [5.41, 5.74) is -0.407. The van der Waals surface area contributed by atoms with Crippen molar-refractivity contribution in [1.29, 1.82) is 0 Å². The predicted octanol–water partition coefficient (Wildman–Crippen LogP) is 4.32. The molecule has 156 valence electrons. The number of carbonyl (C=O) groups excluding carboxylic acids is 1. The highest BCUT2D eigenvalue weighted by Crippen LogP contribution is 2.29. The topological polar surface area (TPSA) is 77.7 Å². The Hall–Kier alpha value is -3.40. The lowest BCUT2D eigenvalue weighted by Crippen LogP contribution is -2.11. The summed E-state index contributed by atoms with van der Waals surface area (Å²) in [6.07, 6.45) is -1.87. The Morgan fingerprint density at radius 2 is 1.60 bits per heavy atom. The van der Waals surface area contributed by atoms with E-state index in [1.54, 1.807) is 18.2 Å². The molecule has 0 spiro atoms. The Balaban J connectivity index is 1.73. The third-order valence-corrected chi connectivity index (χ3v) is 5.77. The fourth-order valence-electron chi connectivity index (χ4n) is 2.47. The van der Waals surface area contributed by atoms with Crippen molar-refractivity contribution in [2.24, 2.45) is 5.16 Å². The van der Waals surface area contributed by atoms with E-state index in [0.29, 0.717) is 5.56 Å². The summed E-state index contributed by atoms with van der Waals surface area (Å²) < 4.78 is 63.9. The molecule has 30 heavy (non-hydrogen) atoms. The van der Waals surface area contributed by atoms with Crippen LogP contribution in [0.1, 0.15) is 28.4 Å². The van der Waals surface area contributed by atoms with Gasteiger partial charge in [-0.25, -0.2) is 17.2 Å². The van der Waals surface area contributed by atoms with E-state index in [1.807, 2.05) is 0 Å². The van der Waals surface area contributed by atoms with Crippen LogP contribution in [-0.2, 0) is 21.0 Å². The van der Waals surface area contributed by atoms with Gasteiger partial charge in [-0.3, -0.25) is 0 Å². The van der Waals surface area contributed by atoms with E-state index in [-0.39, 0.29) is 16.2 Å². The standard InChI is InChI=1S/C20H15F3N2O4S/c1-14(24-29-19(26)15-7-9-17(10-8-15)20(21,22)23)16-11-12-25(13-16)30(27,28)18-5-3-2-4-6-18/h2-13H,1H3/b24-14+. The fourth-order valence-corrected chi connectivity index (χ4v) is 3.68. The largest absolute Gasteiger partial charge is 0.416 e. The predicted molar refractivity (Wildman–Crippen MR) is 103 cm³/mol. The van der Waals surface area contributed by atoms with Gasteiger partial charge in [-0.1, -0.05) is 23.4 Å².